The van der Waals surface area contributed by atoms with E-state index in [1.165, 1.54) is 7.11 Å². The van der Waals surface area contributed by atoms with E-state index >= 15 is 0 Å². The molecule has 0 atom stereocenters. The summed E-state index contributed by atoms with van der Waals surface area (Å²) in [5, 5.41) is 9.80. The van der Waals surface area contributed by atoms with Crippen LogP contribution in [0.3, 0.4) is 0 Å². The first-order valence-corrected chi connectivity index (χ1v) is 6.07. The highest BCUT2D eigenvalue weighted by Crippen LogP contribution is 2.32. The molecule has 1 aromatic heterocycles. The molecular weight excluding hydrogens is 248 g/mol. The largest absolute Gasteiger partial charge is 0.496 e. The van der Waals surface area contributed by atoms with E-state index in [1.54, 1.807) is 25.3 Å². The molecule has 5 heteroatoms. The Labute approximate surface area is 110 Å². The van der Waals surface area contributed by atoms with Crippen molar-refractivity contribution in [3.05, 3.63) is 29.5 Å². The number of aliphatic hydroxyl groups is 1. The Morgan fingerprint density at radius 3 is 2.84 bits per heavy atom. The second kappa shape index (κ2) is 5.75. The fraction of sp³-hybridized carbons (Fsp3) is 0.357. The predicted octanol–water partition coefficient (Wildman–Crippen LogP) is 2.15. The molecule has 0 spiro atoms. The number of methoxy groups -OCH3 is 1. The zero-order valence-electron chi connectivity index (χ0n) is 10.9. The van der Waals surface area contributed by atoms with Crippen molar-refractivity contribution in [3.8, 4) is 5.75 Å². The van der Waals surface area contributed by atoms with Gasteiger partial charge in [-0.1, -0.05) is 0 Å². The first-order chi connectivity index (χ1) is 9.21. The highest BCUT2D eigenvalue weighted by atomic mass is 16.5. The summed E-state index contributed by atoms with van der Waals surface area (Å²) in [6.45, 7) is 2.09. The van der Waals surface area contributed by atoms with Gasteiger partial charge in [-0.15, -0.1) is 0 Å². The molecule has 102 valence electrons. The molecule has 0 amide bonds. The lowest BCUT2D eigenvalue weighted by atomic mass is 10.1. The maximum Gasteiger partial charge on any atom is 0.338 e. The van der Waals surface area contributed by atoms with Gasteiger partial charge in [0.2, 0.25) is 0 Å². The van der Waals surface area contributed by atoms with Crippen molar-refractivity contribution < 1.29 is 23.8 Å². The van der Waals surface area contributed by atoms with Gasteiger partial charge in [-0.25, -0.2) is 4.79 Å². The van der Waals surface area contributed by atoms with E-state index in [1.807, 2.05) is 0 Å². The smallest absolute Gasteiger partial charge is 0.338 e. The summed E-state index contributed by atoms with van der Waals surface area (Å²) in [7, 11) is 1.53. The SMILES string of the molecule is CCOC(=O)c1cc(OC)c2c(CCO)coc2c1. The minimum absolute atomic E-state index is 0.0252. The Bertz CT molecular complexity index is 585. The van der Waals surface area contributed by atoms with Crippen molar-refractivity contribution in [3.63, 3.8) is 0 Å². The Hall–Kier alpha value is -2.01. The summed E-state index contributed by atoms with van der Waals surface area (Å²) >= 11 is 0. The molecule has 1 aromatic carbocycles. The maximum atomic E-state index is 11.7. The molecule has 2 rings (SSSR count). The van der Waals surface area contributed by atoms with Gasteiger partial charge in [0, 0.05) is 12.2 Å². The van der Waals surface area contributed by atoms with Gasteiger partial charge in [0.05, 0.1) is 30.9 Å². The quantitative estimate of drug-likeness (QED) is 0.838. The lowest BCUT2D eigenvalue weighted by Crippen LogP contribution is -2.05. The topological polar surface area (TPSA) is 68.9 Å². The molecule has 5 nitrogen and oxygen atoms in total. The standard InChI is InChI=1S/C14H16O5/c1-3-18-14(16)10-6-11(17-2)13-9(4-5-15)8-19-12(13)7-10/h6-8,15H,3-5H2,1-2H3. The number of aliphatic hydroxyl groups excluding tert-OH is 1. The number of fused-ring (bicyclic) bond motifs is 1. The van der Waals surface area contributed by atoms with Crippen molar-refractivity contribution in [2.45, 2.75) is 13.3 Å². The summed E-state index contributed by atoms with van der Waals surface area (Å²) in [4.78, 5) is 11.7. The zero-order valence-corrected chi connectivity index (χ0v) is 10.9. The highest BCUT2D eigenvalue weighted by molar-refractivity contribution is 5.97. The number of ether oxygens (including phenoxy) is 2. The predicted molar refractivity (Wildman–Crippen MR) is 69.5 cm³/mol. The molecule has 1 N–H and O–H groups in total. The number of carbonyl (C=O) groups is 1. The number of hydrogen-bond acceptors (Lipinski definition) is 5. The van der Waals surface area contributed by atoms with Gasteiger partial charge in [0.15, 0.2) is 0 Å². The third kappa shape index (κ3) is 2.56. The minimum Gasteiger partial charge on any atom is -0.496 e. The van der Waals surface area contributed by atoms with Crippen LogP contribution in [0.5, 0.6) is 5.75 Å². The van der Waals surface area contributed by atoms with E-state index in [4.69, 9.17) is 19.0 Å². The van der Waals surface area contributed by atoms with Crippen LogP contribution in [0, 0.1) is 0 Å². The van der Waals surface area contributed by atoms with Gasteiger partial charge in [-0.2, -0.15) is 0 Å². The summed E-state index contributed by atoms with van der Waals surface area (Å²) in [5.41, 5.74) is 1.78. The van der Waals surface area contributed by atoms with Gasteiger partial charge in [-0.3, -0.25) is 0 Å². The number of carbonyl (C=O) groups excluding carboxylic acids is 1. The molecule has 1 heterocycles. The summed E-state index contributed by atoms with van der Waals surface area (Å²) < 4.78 is 15.7. The van der Waals surface area contributed by atoms with Crippen LogP contribution in [0.1, 0.15) is 22.8 Å². The molecule has 2 aromatic rings. The lowest BCUT2D eigenvalue weighted by molar-refractivity contribution is 0.0526. The maximum absolute atomic E-state index is 11.7. The van der Waals surface area contributed by atoms with Crippen molar-refractivity contribution in [2.75, 3.05) is 20.3 Å². The van der Waals surface area contributed by atoms with E-state index in [2.05, 4.69) is 0 Å². The lowest BCUT2D eigenvalue weighted by Gasteiger charge is -2.07. The van der Waals surface area contributed by atoms with Crippen LogP contribution < -0.4 is 4.74 Å². The van der Waals surface area contributed by atoms with Crippen molar-refractivity contribution in [2.24, 2.45) is 0 Å². The molecule has 0 saturated heterocycles. The first-order valence-electron chi connectivity index (χ1n) is 6.07. The fourth-order valence-corrected chi connectivity index (χ4v) is 1.99. The zero-order chi connectivity index (χ0) is 13.8. The van der Waals surface area contributed by atoms with Crippen molar-refractivity contribution >= 4 is 16.9 Å². The average molecular weight is 264 g/mol. The van der Waals surface area contributed by atoms with Gasteiger partial charge in [0.25, 0.3) is 0 Å². The third-order valence-corrected chi connectivity index (χ3v) is 2.83. The van der Waals surface area contributed by atoms with Gasteiger partial charge in [0.1, 0.15) is 11.3 Å². The molecule has 0 saturated carbocycles. The summed E-state index contributed by atoms with van der Waals surface area (Å²) in [6, 6.07) is 3.24. The van der Waals surface area contributed by atoms with E-state index in [-0.39, 0.29) is 6.61 Å². The van der Waals surface area contributed by atoms with Crippen LogP contribution in [-0.2, 0) is 11.2 Å². The van der Waals surface area contributed by atoms with Crippen molar-refractivity contribution in [1.29, 1.82) is 0 Å². The number of esters is 1. The second-order valence-corrected chi connectivity index (χ2v) is 4.01. The van der Waals surface area contributed by atoms with Gasteiger partial charge >= 0.3 is 5.97 Å². The second-order valence-electron chi connectivity index (χ2n) is 4.01. The average Bonchev–Trinajstić information content (AvgIpc) is 2.82. The Balaban J connectivity index is 2.53. The normalized spacial score (nSPS) is 10.7. The third-order valence-electron chi connectivity index (χ3n) is 2.83. The fourth-order valence-electron chi connectivity index (χ4n) is 1.99. The Morgan fingerprint density at radius 1 is 1.42 bits per heavy atom. The van der Waals surface area contributed by atoms with Gasteiger partial charge in [-0.05, 0) is 25.5 Å². The molecule has 19 heavy (non-hydrogen) atoms. The molecular formula is C14H16O5. The van der Waals surface area contributed by atoms with Crippen molar-refractivity contribution in [1.82, 2.24) is 0 Å². The Kier molecular flexibility index (Phi) is 4.06. The number of rotatable bonds is 5. The van der Waals surface area contributed by atoms with E-state index in [9.17, 15) is 4.79 Å². The summed E-state index contributed by atoms with van der Waals surface area (Å²) in [5.74, 6) is 0.126. The van der Waals surface area contributed by atoms with Crippen LogP contribution in [0.25, 0.3) is 11.0 Å². The van der Waals surface area contributed by atoms with Crippen LogP contribution in [0.2, 0.25) is 0 Å². The highest BCUT2D eigenvalue weighted by Gasteiger charge is 2.16. The molecule has 0 bridgehead atoms. The molecule has 0 fully saturated rings. The molecule has 0 radical (unpaired) electrons. The molecule has 0 unspecified atom stereocenters. The van der Waals surface area contributed by atoms with Crippen LogP contribution in [-0.4, -0.2) is 31.4 Å². The van der Waals surface area contributed by atoms with Crippen LogP contribution >= 0.6 is 0 Å². The van der Waals surface area contributed by atoms with Crippen LogP contribution in [0.4, 0.5) is 0 Å². The molecule has 0 aliphatic rings. The van der Waals surface area contributed by atoms with E-state index in [0.717, 1.165) is 10.9 Å². The minimum atomic E-state index is -0.414. The molecule has 0 aliphatic carbocycles. The van der Waals surface area contributed by atoms with Gasteiger partial charge < -0.3 is 19.0 Å². The number of benzene rings is 1. The number of hydrogen-bond donors (Lipinski definition) is 1. The monoisotopic (exact) mass is 264 g/mol. The Morgan fingerprint density at radius 2 is 2.21 bits per heavy atom. The first kappa shape index (κ1) is 13.4. The summed E-state index contributed by atoms with van der Waals surface area (Å²) in [6.07, 6.45) is 2.04. The number of furan rings is 1. The van der Waals surface area contributed by atoms with Crippen LogP contribution in [0.15, 0.2) is 22.8 Å². The molecule has 0 aliphatic heterocycles. The van der Waals surface area contributed by atoms with E-state index < -0.39 is 5.97 Å². The van der Waals surface area contributed by atoms with E-state index in [0.29, 0.717) is 29.9 Å².